The van der Waals surface area contributed by atoms with Crippen LogP contribution in [0.3, 0.4) is 0 Å². The van der Waals surface area contributed by atoms with Crippen molar-refractivity contribution in [3.05, 3.63) is 42.0 Å². The number of carbonyl (C=O) groups is 1. The van der Waals surface area contributed by atoms with E-state index in [1.165, 1.54) is 0 Å². The van der Waals surface area contributed by atoms with Crippen molar-refractivity contribution in [2.24, 2.45) is 12.8 Å². The van der Waals surface area contributed by atoms with Crippen LogP contribution in [0.15, 0.2) is 30.6 Å². The highest BCUT2D eigenvalue weighted by Crippen LogP contribution is 2.10. The largest absolute Gasteiger partial charge is 0.508 e. The zero-order chi connectivity index (χ0) is 15.2. The number of benzene rings is 1. The van der Waals surface area contributed by atoms with E-state index < -0.39 is 6.04 Å². The molecule has 2 rings (SSSR count). The lowest BCUT2D eigenvalue weighted by Gasteiger charge is -2.12. The number of aromatic hydroxyl groups is 1. The van der Waals surface area contributed by atoms with E-state index in [1.54, 1.807) is 42.3 Å². The van der Waals surface area contributed by atoms with Crippen molar-refractivity contribution in [3.63, 3.8) is 0 Å². The molecule has 0 fully saturated rings. The molecule has 7 heteroatoms. The predicted octanol–water partition coefficient (Wildman–Crippen LogP) is -0.251. The van der Waals surface area contributed by atoms with E-state index >= 15 is 0 Å². The maximum Gasteiger partial charge on any atom is 0.237 e. The summed E-state index contributed by atoms with van der Waals surface area (Å²) in [5, 5.41) is 16.1. The molecule has 0 saturated heterocycles. The van der Waals surface area contributed by atoms with Gasteiger partial charge in [0.05, 0.1) is 6.04 Å². The standard InChI is InChI=1S/C14H19N5O2/c1-19-9-17-13(18-19)6-7-16-14(21)12(15)8-10-2-4-11(20)5-3-10/h2-5,9,12,20H,6-8,15H2,1H3,(H,16,21). The molecule has 0 bridgehead atoms. The number of nitrogens with one attached hydrogen (secondary N) is 1. The monoisotopic (exact) mass is 289 g/mol. The van der Waals surface area contributed by atoms with Gasteiger partial charge in [0.25, 0.3) is 0 Å². The second-order valence-electron chi connectivity index (χ2n) is 4.85. The zero-order valence-corrected chi connectivity index (χ0v) is 11.9. The minimum atomic E-state index is -0.619. The zero-order valence-electron chi connectivity index (χ0n) is 11.9. The van der Waals surface area contributed by atoms with Crippen molar-refractivity contribution in [3.8, 4) is 5.75 Å². The molecule has 1 heterocycles. The number of amides is 1. The molecule has 1 unspecified atom stereocenters. The molecule has 112 valence electrons. The highest BCUT2D eigenvalue weighted by molar-refractivity contribution is 5.81. The quantitative estimate of drug-likeness (QED) is 0.680. The smallest absolute Gasteiger partial charge is 0.237 e. The third kappa shape index (κ3) is 4.57. The highest BCUT2D eigenvalue weighted by Gasteiger charge is 2.13. The maximum absolute atomic E-state index is 11.9. The van der Waals surface area contributed by atoms with E-state index in [-0.39, 0.29) is 11.7 Å². The molecule has 1 aromatic heterocycles. The molecule has 1 amide bonds. The van der Waals surface area contributed by atoms with Crippen LogP contribution in [0.4, 0.5) is 0 Å². The molecule has 0 aliphatic carbocycles. The van der Waals surface area contributed by atoms with Crippen LogP contribution in [0.1, 0.15) is 11.4 Å². The fourth-order valence-corrected chi connectivity index (χ4v) is 1.91. The Morgan fingerprint density at radius 2 is 2.14 bits per heavy atom. The lowest BCUT2D eigenvalue weighted by atomic mass is 10.1. The van der Waals surface area contributed by atoms with Gasteiger partial charge < -0.3 is 16.2 Å². The van der Waals surface area contributed by atoms with Gasteiger partial charge in [-0.05, 0) is 24.1 Å². The van der Waals surface area contributed by atoms with Gasteiger partial charge in [-0.3, -0.25) is 9.48 Å². The molecule has 0 spiro atoms. The first kappa shape index (κ1) is 15.0. The van der Waals surface area contributed by atoms with E-state index in [9.17, 15) is 9.90 Å². The number of rotatable bonds is 6. The summed E-state index contributed by atoms with van der Waals surface area (Å²) in [6.07, 6.45) is 2.61. The number of hydrogen-bond donors (Lipinski definition) is 3. The Kier molecular flexibility index (Phi) is 4.89. The van der Waals surface area contributed by atoms with Gasteiger partial charge in [-0.2, -0.15) is 5.10 Å². The molecule has 0 aliphatic heterocycles. The molecule has 1 atom stereocenters. The summed E-state index contributed by atoms with van der Waals surface area (Å²) in [7, 11) is 1.79. The summed E-state index contributed by atoms with van der Waals surface area (Å²) < 4.78 is 1.62. The van der Waals surface area contributed by atoms with Crippen LogP contribution >= 0.6 is 0 Å². The predicted molar refractivity (Wildman–Crippen MR) is 77.5 cm³/mol. The topological polar surface area (TPSA) is 106 Å². The summed E-state index contributed by atoms with van der Waals surface area (Å²) in [4.78, 5) is 16.0. The highest BCUT2D eigenvalue weighted by atomic mass is 16.3. The van der Waals surface area contributed by atoms with Gasteiger partial charge in [0.15, 0.2) is 5.82 Å². The molecule has 2 aromatic rings. The SMILES string of the molecule is Cn1cnc(CCNC(=O)C(N)Cc2ccc(O)cc2)n1. The molecule has 7 nitrogen and oxygen atoms in total. The van der Waals surface area contributed by atoms with Crippen LogP contribution in [0, 0.1) is 0 Å². The second-order valence-corrected chi connectivity index (χ2v) is 4.85. The normalized spacial score (nSPS) is 12.1. The molecule has 21 heavy (non-hydrogen) atoms. The number of hydrogen-bond acceptors (Lipinski definition) is 5. The van der Waals surface area contributed by atoms with Crippen molar-refractivity contribution in [1.29, 1.82) is 0 Å². The van der Waals surface area contributed by atoms with Crippen molar-refractivity contribution < 1.29 is 9.90 Å². The lowest BCUT2D eigenvalue weighted by Crippen LogP contribution is -2.42. The number of nitrogens with zero attached hydrogens (tertiary/aromatic N) is 3. The summed E-state index contributed by atoms with van der Waals surface area (Å²) in [6, 6.07) is 6.03. The number of phenols is 1. The van der Waals surface area contributed by atoms with Gasteiger partial charge in [0.1, 0.15) is 12.1 Å². The van der Waals surface area contributed by atoms with Crippen molar-refractivity contribution in [2.45, 2.75) is 18.9 Å². The third-order valence-corrected chi connectivity index (χ3v) is 3.02. The van der Waals surface area contributed by atoms with Gasteiger partial charge in [-0.15, -0.1) is 0 Å². The Morgan fingerprint density at radius 3 is 2.76 bits per heavy atom. The van der Waals surface area contributed by atoms with Crippen LogP contribution in [0.5, 0.6) is 5.75 Å². The van der Waals surface area contributed by atoms with Gasteiger partial charge in [0.2, 0.25) is 5.91 Å². The third-order valence-electron chi connectivity index (χ3n) is 3.02. The number of nitrogens with two attached hydrogens (primary N) is 1. The van der Waals surface area contributed by atoms with Crippen molar-refractivity contribution >= 4 is 5.91 Å². The minimum Gasteiger partial charge on any atom is -0.508 e. The van der Waals surface area contributed by atoms with E-state index in [0.717, 1.165) is 5.56 Å². The number of aryl methyl sites for hydroxylation is 1. The molecule has 4 N–H and O–H groups in total. The van der Waals surface area contributed by atoms with Crippen LogP contribution in [-0.4, -0.2) is 38.4 Å². The second kappa shape index (κ2) is 6.85. The lowest BCUT2D eigenvalue weighted by molar-refractivity contribution is -0.122. The van der Waals surface area contributed by atoms with Gasteiger partial charge in [0, 0.05) is 20.0 Å². The number of carbonyl (C=O) groups excluding carboxylic acids is 1. The van der Waals surface area contributed by atoms with Crippen LogP contribution in [-0.2, 0) is 24.7 Å². The summed E-state index contributed by atoms with van der Waals surface area (Å²) in [5.74, 6) is 0.670. The van der Waals surface area contributed by atoms with Gasteiger partial charge in [-0.25, -0.2) is 4.98 Å². The molecule has 0 aliphatic rings. The number of aromatic nitrogens is 3. The van der Waals surface area contributed by atoms with Crippen LogP contribution in [0.25, 0.3) is 0 Å². The minimum absolute atomic E-state index is 0.194. The summed E-state index contributed by atoms with van der Waals surface area (Å²) >= 11 is 0. The van der Waals surface area contributed by atoms with Crippen LogP contribution in [0.2, 0.25) is 0 Å². The first-order valence-corrected chi connectivity index (χ1v) is 6.70. The van der Waals surface area contributed by atoms with Gasteiger partial charge >= 0.3 is 0 Å². The molecular formula is C14H19N5O2. The summed E-state index contributed by atoms with van der Waals surface area (Å²) in [5.41, 5.74) is 6.77. The Balaban J connectivity index is 1.75. The first-order valence-electron chi connectivity index (χ1n) is 6.70. The van der Waals surface area contributed by atoms with Crippen molar-refractivity contribution in [1.82, 2.24) is 20.1 Å². The molecule has 0 radical (unpaired) electrons. The maximum atomic E-state index is 11.9. The average Bonchev–Trinajstić information content (AvgIpc) is 2.87. The molecular weight excluding hydrogens is 270 g/mol. The van der Waals surface area contributed by atoms with Crippen LogP contribution < -0.4 is 11.1 Å². The average molecular weight is 289 g/mol. The first-order chi connectivity index (χ1) is 10.0. The van der Waals surface area contributed by atoms with E-state index in [2.05, 4.69) is 15.4 Å². The fourth-order valence-electron chi connectivity index (χ4n) is 1.91. The van der Waals surface area contributed by atoms with E-state index in [0.29, 0.717) is 25.2 Å². The molecule has 1 aromatic carbocycles. The fraction of sp³-hybridized carbons (Fsp3) is 0.357. The van der Waals surface area contributed by atoms with E-state index in [1.807, 2.05) is 0 Å². The Hall–Kier alpha value is -2.41. The molecule has 0 saturated carbocycles. The number of phenolic OH excluding ortho intramolecular Hbond substituents is 1. The Morgan fingerprint density at radius 1 is 1.43 bits per heavy atom. The van der Waals surface area contributed by atoms with Gasteiger partial charge in [-0.1, -0.05) is 12.1 Å². The Labute approximate surface area is 122 Å². The summed E-state index contributed by atoms with van der Waals surface area (Å²) in [6.45, 7) is 0.451. The Bertz CT molecular complexity index is 594. The van der Waals surface area contributed by atoms with Crippen molar-refractivity contribution in [2.75, 3.05) is 6.54 Å². The van der Waals surface area contributed by atoms with E-state index in [4.69, 9.17) is 5.73 Å².